The number of fused-ring (bicyclic) bond motifs is 1. The number of rotatable bonds is 4. The predicted octanol–water partition coefficient (Wildman–Crippen LogP) is 4.35. The zero-order valence-corrected chi connectivity index (χ0v) is 17.0. The summed E-state index contributed by atoms with van der Waals surface area (Å²) in [6.07, 6.45) is 7.25. The number of benzene rings is 1. The van der Waals surface area contributed by atoms with Gasteiger partial charge in [0.15, 0.2) is 11.7 Å². The largest absolute Gasteiger partial charge is 0.461 e. The van der Waals surface area contributed by atoms with Gasteiger partial charge in [0, 0.05) is 13.1 Å². The maximum absolute atomic E-state index is 12.9. The number of esters is 1. The van der Waals surface area contributed by atoms with E-state index in [1.165, 1.54) is 12.8 Å². The molecule has 4 rings (SSSR count). The quantitative estimate of drug-likeness (QED) is 0.720. The van der Waals surface area contributed by atoms with E-state index < -0.39 is 11.9 Å². The van der Waals surface area contributed by atoms with Gasteiger partial charge >= 0.3 is 5.97 Å². The lowest BCUT2D eigenvalue weighted by atomic mass is 9.97. The number of aromatic nitrogens is 2. The Kier molecular flexibility index (Phi) is 5.94. The van der Waals surface area contributed by atoms with Crippen molar-refractivity contribution in [1.29, 1.82) is 5.26 Å². The molecule has 6 nitrogen and oxygen atoms in total. The van der Waals surface area contributed by atoms with Crippen molar-refractivity contribution >= 4 is 22.8 Å². The first-order valence-corrected chi connectivity index (χ1v) is 10.8. The molecule has 0 radical (unpaired) electrons. The molecule has 2 atom stereocenters. The standard InChI is InChI=1S/C23H28N4O2/c1-16-8-7-13-27(15-16)22-21(25-19-11-5-6-12-20(19)26-22)18(14-24)23(28)29-17-9-3-2-4-10-17/h5-6,11-12,16-18H,2-4,7-10,13,15H2,1H3/t16-,18-/m1/s1. The Labute approximate surface area is 171 Å². The van der Waals surface area contributed by atoms with Crippen LogP contribution in [-0.2, 0) is 9.53 Å². The molecule has 1 aromatic carbocycles. The molecule has 6 heteroatoms. The highest BCUT2D eigenvalue weighted by atomic mass is 16.5. The van der Waals surface area contributed by atoms with Crippen LogP contribution < -0.4 is 4.90 Å². The Balaban J connectivity index is 1.70. The normalized spacial score (nSPS) is 21.5. The van der Waals surface area contributed by atoms with Crippen LogP contribution in [0.2, 0.25) is 0 Å². The van der Waals surface area contributed by atoms with Crippen molar-refractivity contribution < 1.29 is 9.53 Å². The minimum absolute atomic E-state index is 0.0843. The van der Waals surface area contributed by atoms with Crippen LogP contribution in [0.3, 0.4) is 0 Å². The molecule has 1 aliphatic carbocycles. The van der Waals surface area contributed by atoms with Gasteiger partial charge in [0.05, 0.1) is 17.1 Å². The van der Waals surface area contributed by atoms with E-state index in [4.69, 9.17) is 14.7 Å². The lowest BCUT2D eigenvalue weighted by Crippen LogP contribution is -2.36. The zero-order chi connectivity index (χ0) is 20.2. The smallest absolute Gasteiger partial charge is 0.329 e. The summed E-state index contributed by atoms with van der Waals surface area (Å²) in [6, 6.07) is 9.77. The third kappa shape index (κ3) is 4.34. The highest BCUT2D eigenvalue weighted by Gasteiger charge is 2.33. The summed E-state index contributed by atoms with van der Waals surface area (Å²) < 4.78 is 5.73. The van der Waals surface area contributed by atoms with E-state index in [0.29, 0.717) is 22.9 Å². The summed E-state index contributed by atoms with van der Waals surface area (Å²) in [5.74, 6) is -0.349. The first-order valence-electron chi connectivity index (χ1n) is 10.8. The number of ether oxygens (including phenoxy) is 1. The van der Waals surface area contributed by atoms with Crippen LogP contribution >= 0.6 is 0 Å². The molecule has 0 spiro atoms. The van der Waals surface area contributed by atoms with Crippen LogP contribution in [0, 0.1) is 17.2 Å². The van der Waals surface area contributed by atoms with Gasteiger partial charge in [-0.25, -0.2) is 9.97 Å². The van der Waals surface area contributed by atoms with Crippen LogP contribution in [0.4, 0.5) is 5.82 Å². The van der Waals surface area contributed by atoms with E-state index in [-0.39, 0.29) is 6.10 Å². The molecule has 0 unspecified atom stereocenters. The van der Waals surface area contributed by atoms with Crippen molar-refractivity contribution in [2.75, 3.05) is 18.0 Å². The predicted molar refractivity (Wildman–Crippen MR) is 111 cm³/mol. The van der Waals surface area contributed by atoms with Gasteiger partial charge in [0.2, 0.25) is 0 Å². The fourth-order valence-corrected chi connectivity index (χ4v) is 4.45. The molecule has 0 N–H and O–H groups in total. The molecule has 1 aromatic heterocycles. The average Bonchev–Trinajstić information content (AvgIpc) is 2.74. The number of anilines is 1. The van der Waals surface area contributed by atoms with Crippen LogP contribution in [-0.4, -0.2) is 35.1 Å². The lowest BCUT2D eigenvalue weighted by Gasteiger charge is -2.33. The summed E-state index contributed by atoms with van der Waals surface area (Å²) in [4.78, 5) is 24.7. The summed E-state index contributed by atoms with van der Waals surface area (Å²) in [5, 5.41) is 9.89. The third-order valence-corrected chi connectivity index (χ3v) is 6.01. The van der Waals surface area contributed by atoms with Gasteiger partial charge in [-0.1, -0.05) is 25.5 Å². The molecule has 1 saturated carbocycles. The fourth-order valence-electron chi connectivity index (χ4n) is 4.45. The monoisotopic (exact) mass is 392 g/mol. The highest BCUT2D eigenvalue weighted by molar-refractivity contribution is 5.85. The zero-order valence-electron chi connectivity index (χ0n) is 17.0. The Morgan fingerprint density at radius 1 is 1.14 bits per heavy atom. The molecular formula is C23H28N4O2. The average molecular weight is 393 g/mol. The number of nitrogens with zero attached hydrogens (tertiary/aromatic N) is 4. The van der Waals surface area contributed by atoms with Crippen molar-refractivity contribution in [3.63, 3.8) is 0 Å². The molecule has 29 heavy (non-hydrogen) atoms. The maximum atomic E-state index is 12.9. The fraction of sp³-hybridized carbons (Fsp3) is 0.565. The van der Waals surface area contributed by atoms with Gasteiger partial charge < -0.3 is 9.64 Å². The third-order valence-electron chi connectivity index (χ3n) is 6.01. The number of hydrogen-bond donors (Lipinski definition) is 0. The van der Waals surface area contributed by atoms with Crippen molar-refractivity contribution in [1.82, 2.24) is 9.97 Å². The van der Waals surface area contributed by atoms with Crippen molar-refractivity contribution in [3.05, 3.63) is 30.0 Å². The molecule has 1 saturated heterocycles. The van der Waals surface area contributed by atoms with Crippen molar-refractivity contribution in [2.24, 2.45) is 5.92 Å². The number of nitriles is 1. The first kappa shape index (κ1) is 19.6. The van der Waals surface area contributed by atoms with Crippen LogP contribution in [0.5, 0.6) is 0 Å². The second-order valence-electron chi connectivity index (χ2n) is 8.37. The molecule has 152 valence electrons. The van der Waals surface area contributed by atoms with Gasteiger partial charge in [0.1, 0.15) is 11.8 Å². The molecule has 2 heterocycles. The summed E-state index contributed by atoms with van der Waals surface area (Å²) in [5.41, 5.74) is 1.91. The van der Waals surface area contributed by atoms with Crippen LogP contribution in [0.15, 0.2) is 24.3 Å². The van der Waals surface area contributed by atoms with Crippen LogP contribution in [0.1, 0.15) is 63.5 Å². The Morgan fingerprint density at radius 3 is 2.55 bits per heavy atom. The first-order chi connectivity index (χ1) is 14.2. The number of piperidine rings is 1. The van der Waals surface area contributed by atoms with Gasteiger partial charge in [-0.15, -0.1) is 0 Å². The van der Waals surface area contributed by atoms with Crippen molar-refractivity contribution in [2.45, 2.75) is 63.9 Å². The van der Waals surface area contributed by atoms with Gasteiger partial charge in [0.25, 0.3) is 0 Å². The van der Waals surface area contributed by atoms with Gasteiger partial charge in [-0.2, -0.15) is 5.26 Å². The Bertz CT molecular complexity index is 917. The van der Waals surface area contributed by atoms with Crippen LogP contribution in [0.25, 0.3) is 11.0 Å². The summed E-state index contributed by atoms with van der Waals surface area (Å²) in [6.45, 7) is 3.94. The van der Waals surface area contributed by atoms with E-state index in [1.54, 1.807) is 0 Å². The van der Waals surface area contributed by atoms with Gasteiger partial charge in [-0.05, 0) is 56.6 Å². The second-order valence-corrected chi connectivity index (χ2v) is 8.37. The summed E-state index contributed by atoms with van der Waals surface area (Å²) in [7, 11) is 0. The SMILES string of the molecule is C[C@@H]1CCCN(c2nc3ccccc3nc2[C@@H](C#N)C(=O)OC2CCCCC2)C1. The minimum Gasteiger partial charge on any atom is -0.461 e. The van der Waals surface area contributed by atoms with E-state index in [2.05, 4.69) is 17.9 Å². The van der Waals surface area contributed by atoms with Gasteiger partial charge in [-0.3, -0.25) is 4.79 Å². The maximum Gasteiger partial charge on any atom is 0.329 e. The molecule has 2 fully saturated rings. The molecule has 2 aliphatic rings. The highest BCUT2D eigenvalue weighted by Crippen LogP contribution is 2.32. The van der Waals surface area contributed by atoms with E-state index >= 15 is 0 Å². The van der Waals surface area contributed by atoms with Crippen molar-refractivity contribution in [3.8, 4) is 6.07 Å². The molecular weight excluding hydrogens is 364 g/mol. The topological polar surface area (TPSA) is 79.1 Å². The Morgan fingerprint density at radius 2 is 1.86 bits per heavy atom. The van der Waals surface area contributed by atoms with E-state index in [9.17, 15) is 10.1 Å². The van der Waals surface area contributed by atoms with E-state index in [0.717, 1.165) is 50.7 Å². The number of carbonyl (C=O) groups excluding carboxylic acids is 1. The molecule has 1 aliphatic heterocycles. The minimum atomic E-state index is -1.05. The Hall–Kier alpha value is -2.68. The number of para-hydroxylation sites is 2. The van der Waals surface area contributed by atoms with E-state index in [1.807, 2.05) is 24.3 Å². The lowest BCUT2D eigenvalue weighted by molar-refractivity contribution is -0.150. The molecule has 2 aromatic rings. The molecule has 0 bridgehead atoms. The molecule has 0 amide bonds. The second kappa shape index (κ2) is 8.77. The summed E-state index contributed by atoms with van der Waals surface area (Å²) >= 11 is 0. The number of hydrogen-bond acceptors (Lipinski definition) is 6. The number of carbonyl (C=O) groups is 1.